The molecule has 0 fully saturated rings. The highest BCUT2D eigenvalue weighted by molar-refractivity contribution is 5.89. The molecule has 0 atom stereocenters. The van der Waals surface area contributed by atoms with Crippen molar-refractivity contribution in [3.8, 4) is 17.5 Å². The van der Waals surface area contributed by atoms with Gasteiger partial charge in [0.15, 0.2) is 0 Å². The number of hydrogen-bond donors (Lipinski definition) is 0. The molecule has 0 aliphatic carbocycles. The molecule has 7 nitrogen and oxygen atoms in total. The molecule has 0 unspecified atom stereocenters. The maximum Gasteiger partial charge on any atom is 0.414 e. The third kappa shape index (κ3) is 3.90. The van der Waals surface area contributed by atoms with Crippen LogP contribution >= 0.6 is 0 Å². The molecule has 27 heavy (non-hydrogen) atoms. The lowest BCUT2D eigenvalue weighted by molar-refractivity contribution is 0.0577. The highest BCUT2D eigenvalue weighted by Gasteiger charge is 2.30. The van der Waals surface area contributed by atoms with Gasteiger partial charge in [0.05, 0.1) is 35.8 Å². The largest absolute Gasteiger partial charge is 0.492 e. The summed E-state index contributed by atoms with van der Waals surface area (Å²) in [6, 6.07) is 7.39. The van der Waals surface area contributed by atoms with Crippen LogP contribution in [-0.2, 0) is 11.2 Å². The molecule has 1 aromatic carbocycles. The van der Waals surface area contributed by atoms with Crippen LogP contribution < -0.4 is 9.64 Å². The molecule has 1 aliphatic rings. The summed E-state index contributed by atoms with van der Waals surface area (Å²) >= 11 is 0. The summed E-state index contributed by atoms with van der Waals surface area (Å²) in [5.74, 6) is 0.594. The fourth-order valence-corrected chi connectivity index (χ4v) is 3.09. The van der Waals surface area contributed by atoms with Crippen LogP contribution in [0.3, 0.4) is 0 Å². The maximum absolute atomic E-state index is 12.6. The van der Waals surface area contributed by atoms with Gasteiger partial charge in [-0.15, -0.1) is 0 Å². The van der Waals surface area contributed by atoms with Crippen LogP contribution in [-0.4, -0.2) is 34.6 Å². The first-order chi connectivity index (χ1) is 12.8. The summed E-state index contributed by atoms with van der Waals surface area (Å²) < 4.78 is 13.0. The van der Waals surface area contributed by atoms with Gasteiger partial charge >= 0.3 is 6.09 Å². The van der Waals surface area contributed by atoms with Crippen molar-refractivity contribution in [3.63, 3.8) is 0 Å². The molecule has 0 bridgehead atoms. The lowest BCUT2D eigenvalue weighted by Gasteiger charge is -2.30. The standard InChI is InChI=1S/C20H24N4O3/c1-5-26-18-11-14(12-21)8-9-16(18)24-15-7-6-10-23(17(15)13-22-24)19(25)27-20(2,3)4/h8-9,11,13H,5-7,10H2,1-4H3. The molecule has 2 heterocycles. The summed E-state index contributed by atoms with van der Waals surface area (Å²) in [6.07, 6.45) is 2.93. The van der Waals surface area contributed by atoms with Gasteiger partial charge in [-0.3, -0.25) is 4.90 Å². The molecular formula is C20H24N4O3. The number of anilines is 1. The smallest absolute Gasteiger partial charge is 0.414 e. The molecule has 7 heteroatoms. The topological polar surface area (TPSA) is 80.4 Å². The predicted octanol–water partition coefficient (Wildman–Crippen LogP) is 3.83. The van der Waals surface area contributed by atoms with Gasteiger partial charge in [-0.1, -0.05) is 0 Å². The predicted molar refractivity (Wildman–Crippen MR) is 101 cm³/mol. The van der Waals surface area contributed by atoms with E-state index < -0.39 is 5.60 Å². The Kier molecular flexibility index (Phi) is 5.08. The Morgan fingerprint density at radius 1 is 1.33 bits per heavy atom. The minimum atomic E-state index is -0.556. The van der Waals surface area contributed by atoms with Gasteiger partial charge in [-0.05, 0) is 52.7 Å². The van der Waals surface area contributed by atoms with Crippen LogP contribution in [0.2, 0.25) is 0 Å². The first-order valence-corrected chi connectivity index (χ1v) is 9.09. The second kappa shape index (κ2) is 7.31. The lowest BCUT2D eigenvalue weighted by Crippen LogP contribution is -2.39. The summed E-state index contributed by atoms with van der Waals surface area (Å²) in [4.78, 5) is 14.2. The van der Waals surface area contributed by atoms with E-state index in [2.05, 4.69) is 11.2 Å². The normalized spacial score (nSPS) is 13.7. The van der Waals surface area contributed by atoms with E-state index in [4.69, 9.17) is 14.7 Å². The number of aromatic nitrogens is 2. The monoisotopic (exact) mass is 368 g/mol. The van der Waals surface area contributed by atoms with E-state index in [0.717, 1.165) is 29.9 Å². The molecule has 142 valence electrons. The zero-order chi connectivity index (χ0) is 19.6. The number of ether oxygens (including phenoxy) is 2. The number of carbonyl (C=O) groups is 1. The van der Waals surface area contributed by atoms with E-state index in [1.54, 1.807) is 27.9 Å². The molecule has 0 radical (unpaired) electrons. The molecular weight excluding hydrogens is 344 g/mol. The number of hydrogen-bond acceptors (Lipinski definition) is 5. The maximum atomic E-state index is 12.6. The lowest BCUT2D eigenvalue weighted by atomic mass is 10.1. The second-order valence-electron chi connectivity index (χ2n) is 7.35. The number of benzene rings is 1. The van der Waals surface area contributed by atoms with Crippen LogP contribution in [0.5, 0.6) is 5.75 Å². The van der Waals surface area contributed by atoms with Crippen molar-refractivity contribution in [2.75, 3.05) is 18.1 Å². The first-order valence-electron chi connectivity index (χ1n) is 9.09. The van der Waals surface area contributed by atoms with Gasteiger partial charge in [-0.25, -0.2) is 9.48 Å². The van der Waals surface area contributed by atoms with Gasteiger partial charge in [0.25, 0.3) is 0 Å². The van der Waals surface area contributed by atoms with E-state index in [9.17, 15) is 4.79 Å². The van der Waals surface area contributed by atoms with E-state index in [0.29, 0.717) is 24.5 Å². The van der Waals surface area contributed by atoms with Crippen molar-refractivity contribution < 1.29 is 14.3 Å². The molecule has 3 rings (SSSR count). The van der Waals surface area contributed by atoms with Crippen LogP contribution in [0.15, 0.2) is 24.4 Å². The number of amides is 1. The molecule has 1 aliphatic heterocycles. The first kappa shape index (κ1) is 18.8. The van der Waals surface area contributed by atoms with E-state index in [1.807, 2.05) is 33.8 Å². The van der Waals surface area contributed by atoms with Crippen LogP contribution in [0, 0.1) is 11.3 Å². The summed E-state index contributed by atoms with van der Waals surface area (Å²) in [7, 11) is 0. The Labute approximate surface area is 159 Å². The number of carbonyl (C=O) groups excluding carboxylic acids is 1. The Bertz CT molecular complexity index is 890. The van der Waals surface area contributed by atoms with E-state index >= 15 is 0 Å². The van der Waals surface area contributed by atoms with Crippen molar-refractivity contribution in [2.45, 2.75) is 46.1 Å². The molecule has 2 aromatic rings. The average Bonchev–Trinajstić information content (AvgIpc) is 3.04. The van der Waals surface area contributed by atoms with Crippen LogP contribution in [0.25, 0.3) is 5.69 Å². The highest BCUT2D eigenvalue weighted by atomic mass is 16.6. The average molecular weight is 368 g/mol. The van der Waals surface area contributed by atoms with Crippen molar-refractivity contribution in [2.24, 2.45) is 0 Å². The molecule has 0 N–H and O–H groups in total. The molecule has 0 saturated heterocycles. The zero-order valence-electron chi connectivity index (χ0n) is 16.2. The van der Waals surface area contributed by atoms with Crippen molar-refractivity contribution in [3.05, 3.63) is 35.7 Å². The van der Waals surface area contributed by atoms with Gasteiger partial charge < -0.3 is 9.47 Å². The zero-order valence-corrected chi connectivity index (χ0v) is 16.2. The number of rotatable bonds is 3. The van der Waals surface area contributed by atoms with Crippen molar-refractivity contribution in [1.29, 1.82) is 5.26 Å². The van der Waals surface area contributed by atoms with E-state index in [-0.39, 0.29) is 6.09 Å². The third-order valence-electron chi connectivity index (χ3n) is 4.16. The summed E-state index contributed by atoms with van der Waals surface area (Å²) in [6.45, 7) is 8.53. The fraction of sp³-hybridized carbons (Fsp3) is 0.450. The summed E-state index contributed by atoms with van der Waals surface area (Å²) in [5, 5.41) is 13.6. The van der Waals surface area contributed by atoms with Crippen molar-refractivity contribution >= 4 is 11.8 Å². The highest BCUT2D eigenvalue weighted by Crippen LogP contribution is 2.33. The molecule has 0 spiro atoms. The summed E-state index contributed by atoms with van der Waals surface area (Å²) in [5.41, 5.74) is 2.40. The van der Waals surface area contributed by atoms with Gasteiger partial charge in [-0.2, -0.15) is 10.4 Å². The number of nitriles is 1. The minimum absolute atomic E-state index is 0.368. The van der Waals surface area contributed by atoms with Crippen molar-refractivity contribution in [1.82, 2.24) is 9.78 Å². The van der Waals surface area contributed by atoms with Gasteiger partial charge in [0.1, 0.15) is 17.0 Å². The molecule has 1 amide bonds. The molecule has 1 aromatic heterocycles. The third-order valence-corrected chi connectivity index (χ3v) is 4.16. The van der Waals surface area contributed by atoms with Crippen LogP contribution in [0.4, 0.5) is 10.5 Å². The van der Waals surface area contributed by atoms with Gasteiger partial charge in [0.2, 0.25) is 0 Å². The molecule has 0 saturated carbocycles. The Morgan fingerprint density at radius 3 is 2.78 bits per heavy atom. The van der Waals surface area contributed by atoms with E-state index in [1.165, 1.54) is 0 Å². The second-order valence-corrected chi connectivity index (χ2v) is 7.35. The Morgan fingerprint density at radius 2 is 2.11 bits per heavy atom. The van der Waals surface area contributed by atoms with Gasteiger partial charge in [0, 0.05) is 12.6 Å². The Balaban J connectivity index is 2.00. The fourth-order valence-electron chi connectivity index (χ4n) is 3.09. The Hall–Kier alpha value is -3.01. The number of nitrogens with zero attached hydrogens (tertiary/aromatic N) is 4. The SMILES string of the molecule is CCOc1cc(C#N)ccc1-n1ncc2c1CCCN2C(=O)OC(C)(C)C. The minimum Gasteiger partial charge on any atom is -0.492 e. The number of fused-ring (bicyclic) bond motifs is 1. The quantitative estimate of drug-likeness (QED) is 0.822. The van der Waals surface area contributed by atoms with Crippen LogP contribution in [0.1, 0.15) is 45.4 Å².